The van der Waals surface area contributed by atoms with Crippen molar-refractivity contribution in [3.63, 3.8) is 0 Å². The number of carbonyl (C=O) groups excluding carboxylic acids is 1. The first-order chi connectivity index (χ1) is 12.0. The predicted octanol–water partition coefficient (Wildman–Crippen LogP) is 3.20. The van der Waals surface area contributed by atoms with Crippen molar-refractivity contribution in [1.29, 1.82) is 0 Å². The first kappa shape index (κ1) is 17.8. The molecular weight excluding hydrogens is 340 g/mol. The van der Waals surface area contributed by atoms with Gasteiger partial charge in [0.05, 0.1) is 17.1 Å². The molecule has 25 heavy (non-hydrogen) atoms. The van der Waals surface area contributed by atoms with Crippen LogP contribution in [0.15, 0.2) is 22.7 Å². The number of piperazine rings is 1. The van der Waals surface area contributed by atoms with Crippen molar-refractivity contribution in [2.75, 3.05) is 43.4 Å². The number of hydrogen-bond donors (Lipinski definition) is 1. The molecule has 2 heterocycles. The van der Waals surface area contributed by atoms with E-state index in [1.54, 1.807) is 13.0 Å². The topological polar surface area (TPSA) is 61.6 Å². The first-order valence-corrected chi connectivity index (χ1v) is 8.87. The van der Waals surface area contributed by atoms with E-state index in [2.05, 4.69) is 27.3 Å². The van der Waals surface area contributed by atoms with Gasteiger partial charge >= 0.3 is 0 Å². The third kappa shape index (κ3) is 3.80. The maximum Gasteiger partial charge on any atom is 0.261 e. The number of amides is 1. The van der Waals surface area contributed by atoms with Crippen molar-refractivity contribution < 1.29 is 9.32 Å². The molecule has 1 saturated heterocycles. The van der Waals surface area contributed by atoms with E-state index in [0.717, 1.165) is 31.9 Å². The minimum Gasteiger partial charge on any atom is -0.367 e. The Morgan fingerprint density at radius 3 is 2.72 bits per heavy atom. The van der Waals surface area contributed by atoms with Gasteiger partial charge in [-0.15, -0.1) is 0 Å². The summed E-state index contributed by atoms with van der Waals surface area (Å²) in [7, 11) is 2.11. The predicted molar refractivity (Wildman–Crippen MR) is 99.7 cm³/mol. The molecule has 0 unspecified atom stereocenters. The Hall–Kier alpha value is -2.05. The quantitative estimate of drug-likeness (QED) is 0.904. The molecule has 1 aromatic carbocycles. The number of halogens is 1. The summed E-state index contributed by atoms with van der Waals surface area (Å²) in [5.41, 5.74) is 2.87. The largest absolute Gasteiger partial charge is 0.367 e. The Labute approximate surface area is 152 Å². The SMILES string of the molecule is CCc1noc(C)c1C(=O)Nc1cc(Cl)ccc1N1CCN(C)CC1. The summed E-state index contributed by atoms with van der Waals surface area (Å²) >= 11 is 6.17. The minimum absolute atomic E-state index is 0.215. The molecule has 1 amide bonds. The van der Waals surface area contributed by atoms with Gasteiger partial charge in [-0.05, 0) is 38.6 Å². The number of aromatic nitrogens is 1. The highest BCUT2D eigenvalue weighted by Gasteiger charge is 2.22. The van der Waals surface area contributed by atoms with Crippen LogP contribution >= 0.6 is 11.6 Å². The highest BCUT2D eigenvalue weighted by atomic mass is 35.5. The molecule has 0 aliphatic carbocycles. The van der Waals surface area contributed by atoms with Crippen LogP contribution < -0.4 is 10.2 Å². The Balaban J connectivity index is 1.87. The third-order valence-electron chi connectivity index (χ3n) is 4.55. The molecule has 0 radical (unpaired) electrons. The van der Waals surface area contributed by atoms with Gasteiger partial charge in [-0.2, -0.15) is 0 Å². The lowest BCUT2D eigenvalue weighted by Gasteiger charge is -2.35. The lowest BCUT2D eigenvalue weighted by atomic mass is 10.1. The average Bonchev–Trinajstić information content (AvgIpc) is 2.97. The summed E-state index contributed by atoms with van der Waals surface area (Å²) in [6, 6.07) is 5.61. The molecule has 1 aromatic heterocycles. The van der Waals surface area contributed by atoms with Gasteiger partial charge in [0.25, 0.3) is 5.91 Å². The number of rotatable bonds is 4. The van der Waals surface area contributed by atoms with E-state index in [-0.39, 0.29) is 5.91 Å². The number of nitrogens with one attached hydrogen (secondary N) is 1. The summed E-state index contributed by atoms with van der Waals surface area (Å²) < 4.78 is 5.17. The number of benzene rings is 1. The van der Waals surface area contributed by atoms with Crippen LogP contribution in [0.25, 0.3) is 0 Å². The van der Waals surface area contributed by atoms with Crippen molar-refractivity contribution in [1.82, 2.24) is 10.1 Å². The van der Waals surface area contributed by atoms with Gasteiger partial charge in [0.1, 0.15) is 11.3 Å². The highest BCUT2D eigenvalue weighted by Crippen LogP contribution is 2.31. The van der Waals surface area contributed by atoms with Crippen molar-refractivity contribution in [2.45, 2.75) is 20.3 Å². The van der Waals surface area contributed by atoms with Crippen LogP contribution in [0.5, 0.6) is 0 Å². The molecule has 1 fully saturated rings. The van der Waals surface area contributed by atoms with Crippen LogP contribution in [0.2, 0.25) is 5.02 Å². The smallest absolute Gasteiger partial charge is 0.261 e. The van der Waals surface area contributed by atoms with Gasteiger partial charge in [-0.1, -0.05) is 23.7 Å². The van der Waals surface area contributed by atoms with Gasteiger partial charge in [0.2, 0.25) is 0 Å². The maximum absolute atomic E-state index is 12.8. The molecule has 0 atom stereocenters. The van der Waals surface area contributed by atoms with E-state index in [0.29, 0.717) is 34.1 Å². The Morgan fingerprint density at radius 1 is 1.32 bits per heavy atom. The molecule has 0 saturated carbocycles. The number of carbonyl (C=O) groups is 1. The zero-order chi connectivity index (χ0) is 18.0. The van der Waals surface area contributed by atoms with Crippen molar-refractivity contribution in [3.05, 3.63) is 40.2 Å². The van der Waals surface area contributed by atoms with Gasteiger partial charge in [-0.3, -0.25) is 4.79 Å². The van der Waals surface area contributed by atoms with E-state index >= 15 is 0 Å². The van der Waals surface area contributed by atoms with Crippen molar-refractivity contribution in [3.8, 4) is 0 Å². The van der Waals surface area contributed by atoms with E-state index in [4.69, 9.17) is 16.1 Å². The fourth-order valence-electron chi connectivity index (χ4n) is 3.07. The lowest BCUT2D eigenvalue weighted by Crippen LogP contribution is -2.44. The lowest BCUT2D eigenvalue weighted by molar-refractivity contribution is 0.102. The van der Waals surface area contributed by atoms with Gasteiger partial charge in [0.15, 0.2) is 0 Å². The first-order valence-electron chi connectivity index (χ1n) is 8.49. The van der Waals surface area contributed by atoms with Crippen LogP contribution in [0.1, 0.15) is 28.7 Å². The minimum atomic E-state index is -0.215. The number of likely N-dealkylation sites (N-methyl/N-ethyl adjacent to an activating group) is 1. The molecule has 2 aromatic rings. The van der Waals surface area contributed by atoms with E-state index in [1.807, 2.05) is 19.1 Å². The number of aryl methyl sites for hydroxylation is 2. The van der Waals surface area contributed by atoms with Gasteiger partial charge < -0.3 is 19.6 Å². The molecule has 6 nitrogen and oxygen atoms in total. The van der Waals surface area contributed by atoms with Crippen LogP contribution in [0, 0.1) is 6.92 Å². The monoisotopic (exact) mass is 362 g/mol. The second-order valence-corrected chi connectivity index (χ2v) is 6.76. The second-order valence-electron chi connectivity index (χ2n) is 6.32. The Morgan fingerprint density at radius 2 is 2.04 bits per heavy atom. The number of hydrogen-bond acceptors (Lipinski definition) is 5. The standard InChI is InChI=1S/C18H23ClN4O2/c1-4-14-17(12(2)25-21-14)18(24)20-15-11-13(19)5-6-16(15)23-9-7-22(3)8-10-23/h5-6,11H,4,7-10H2,1-3H3,(H,20,24). The molecule has 1 aliphatic rings. The van der Waals surface area contributed by atoms with Gasteiger partial charge in [-0.25, -0.2) is 0 Å². The molecule has 3 rings (SSSR count). The van der Waals surface area contributed by atoms with E-state index in [1.165, 1.54) is 0 Å². The normalized spacial score (nSPS) is 15.4. The van der Waals surface area contributed by atoms with E-state index < -0.39 is 0 Å². The summed E-state index contributed by atoms with van der Waals surface area (Å²) in [4.78, 5) is 17.4. The maximum atomic E-state index is 12.8. The molecule has 1 aliphatic heterocycles. The van der Waals surface area contributed by atoms with Crippen LogP contribution in [0.3, 0.4) is 0 Å². The Kier molecular flexibility index (Phi) is 5.30. The number of nitrogens with zero attached hydrogens (tertiary/aromatic N) is 3. The molecule has 0 spiro atoms. The molecule has 134 valence electrons. The fraction of sp³-hybridized carbons (Fsp3) is 0.444. The number of anilines is 2. The Bertz CT molecular complexity index is 766. The zero-order valence-corrected chi connectivity index (χ0v) is 15.6. The summed E-state index contributed by atoms with van der Waals surface area (Å²) in [6.07, 6.45) is 0.640. The average molecular weight is 363 g/mol. The molecular formula is C18H23ClN4O2. The third-order valence-corrected chi connectivity index (χ3v) is 4.78. The van der Waals surface area contributed by atoms with E-state index in [9.17, 15) is 4.79 Å². The highest BCUT2D eigenvalue weighted by molar-refractivity contribution is 6.31. The summed E-state index contributed by atoms with van der Waals surface area (Å²) in [5, 5.41) is 7.55. The van der Waals surface area contributed by atoms with Gasteiger partial charge in [0, 0.05) is 31.2 Å². The zero-order valence-electron chi connectivity index (χ0n) is 14.8. The van der Waals surface area contributed by atoms with Crippen LogP contribution in [-0.4, -0.2) is 49.2 Å². The van der Waals surface area contributed by atoms with Crippen molar-refractivity contribution >= 4 is 28.9 Å². The summed E-state index contributed by atoms with van der Waals surface area (Å²) in [6.45, 7) is 7.49. The van der Waals surface area contributed by atoms with Crippen LogP contribution in [-0.2, 0) is 6.42 Å². The fourth-order valence-corrected chi connectivity index (χ4v) is 3.24. The van der Waals surface area contributed by atoms with Crippen molar-refractivity contribution in [2.24, 2.45) is 0 Å². The molecule has 0 bridgehead atoms. The summed E-state index contributed by atoms with van der Waals surface area (Å²) in [5.74, 6) is 0.311. The molecule has 7 heteroatoms. The molecule has 1 N–H and O–H groups in total. The van der Waals surface area contributed by atoms with Crippen LogP contribution in [0.4, 0.5) is 11.4 Å². The second kappa shape index (κ2) is 7.45.